The number of benzene rings is 1. The Morgan fingerprint density at radius 2 is 2.14 bits per heavy atom. The zero-order chi connectivity index (χ0) is 19.1. The first-order valence-electron chi connectivity index (χ1n) is 8.89. The second-order valence-electron chi connectivity index (χ2n) is 6.70. The second kappa shape index (κ2) is 6.52. The zero-order valence-electron chi connectivity index (χ0n) is 14.7. The highest BCUT2D eigenvalue weighted by Gasteiger charge is 2.29. The third-order valence-electron chi connectivity index (χ3n) is 4.55. The lowest BCUT2D eigenvalue weighted by atomic mass is 10.2. The molecule has 9 heteroatoms. The van der Waals surface area contributed by atoms with Crippen LogP contribution >= 0.6 is 0 Å². The average Bonchev–Trinajstić information content (AvgIpc) is 3.27. The van der Waals surface area contributed by atoms with Crippen molar-refractivity contribution >= 4 is 17.2 Å². The highest BCUT2D eigenvalue weighted by Crippen LogP contribution is 2.39. The molecule has 0 radical (unpaired) electrons. The lowest BCUT2D eigenvalue weighted by Crippen LogP contribution is -2.16. The fraction of sp³-hybridized carbons (Fsp3) is 0.211. The van der Waals surface area contributed by atoms with Gasteiger partial charge in [-0.3, -0.25) is 9.20 Å². The van der Waals surface area contributed by atoms with Gasteiger partial charge < -0.3 is 9.84 Å². The fourth-order valence-corrected chi connectivity index (χ4v) is 3.02. The van der Waals surface area contributed by atoms with Crippen molar-refractivity contribution in [2.75, 3.05) is 5.32 Å². The molecule has 1 N–H and O–H groups in total. The summed E-state index contributed by atoms with van der Waals surface area (Å²) in [5, 5.41) is 15.0. The number of fused-ring (bicyclic) bond motifs is 1. The summed E-state index contributed by atoms with van der Waals surface area (Å²) >= 11 is 0. The molecule has 140 valence electrons. The highest BCUT2D eigenvalue weighted by atomic mass is 19.1. The number of pyridine rings is 1. The molecule has 1 amide bonds. The van der Waals surface area contributed by atoms with Gasteiger partial charge >= 0.3 is 0 Å². The molecule has 5 rings (SSSR count). The summed E-state index contributed by atoms with van der Waals surface area (Å²) in [4.78, 5) is 16.8. The van der Waals surface area contributed by atoms with Crippen LogP contribution in [0.1, 0.15) is 30.4 Å². The monoisotopic (exact) mass is 378 g/mol. The van der Waals surface area contributed by atoms with Gasteiger partial charge in [0, 0.05) is 17.8 Å². The molecule has 1 aliphatic carbocycles. The van der Waals surface area contributed by atoms with Crippen LogP contribution in [0.3, 0.4) is 0 Å². The largest absolute Gasteiger partial charge is 0.334 e. The lowest BCUT2D eigenvalue weighted by Gasteiger charge is -2.05. The maximum atomic E-state index is 13.3. The number of rotatable bonds is 5. The minimum Gasteiger partial charge on any atom is -0.334 e. The van der Waals surface area contributed by atoms with Gasteiger partial charge in [-0.05, 0) is 43.2 Å². The third-order valence-corrected chi connectivity index (χ3v) is 4.55. The maximum absolute atomic E-state index is 13.3. The van der Waals surface area contributed by atoms with E-state index in [4.69, 9.17) is 4.52 Å². The summed E-state index contributed by atoms with van der Waals surface area (Å²) in [6, 6.07) is 9.35. The van der Waals surface area contributed by atoms with Gasteiger partial charge in [0.15, 0.2) is 11.5 Å². The van der Waals surface area contributed by atoms with Crippen molar-refractivity contribution in [2.45, 2.75) is 25.2 Å². The summed E-state index contributed by atoms with van der Waals surface area (Å²) in [5.74, 6) is 1.20. The summed E-state index contributed by atoms with van der Waals surface area (Å²) in [7, 11) is 0. The number of aromatic nitrogens is 5. The second-order valence-corrected chi connectivity index (χ2v) is 6.70. The number of amides is 1. The van der Waals surface area contributed by atoms with E-state index < -0.39 is 5.82 Å². The van der Waals surface area contributed by atoms with Gasteiger partial charge in [0.25, 0.3) is 5.89 Å². The Bertz CT molecular complexity index is 1180. The Hall–Kier alpha value is -3.62. The number of hydrogen-bond donors (Lipinski definition) is 1. The maximum Gasteiger partial charge on any atom is 0.261 e. The molecular formula is C19H15FN6O2. The quantitative estimate of drug-likeness (QED) is 0.573. The lowest BCUT2D eigenvalue weighted by molar-refractivity contribution is -0.115. The first kappa shape index (κ1) is 16.5. The molecule has 0 spiro atoms. The van der Waals surface area contributed by atoms with Crippen LogP contribution < -0.4 is 5.32 Å². The van der Waals surface area contributed by atoms with E-state index >= 15 is 0 Å². The van der Waals surface area contributed by atoms with Crippen LogP contribution in [0.5, 0.6) is 0 Å². The molecule has 3 aromatic heterocycles. The number of nitrogens with one attached hydrogen (secondary N) is 1. The van der Waals surface area contributed by atoms with Crippen molar-refractivity contribution in [3.05, 3.63) is 60.1 Å². The Balaban J connectivity index is 1.40. The van der Waals surface area contributed by atoms with E-state index in [0.717, 1.165) is 12.8 Å². The van der Waals surface area contributed by atoms with Gasteiger partial charge in [-0.1, -0.05) is 11.2 Å². The molecule has 3 heterocycles. The Morgan fingerprint density at radius 1 is 1.25 bits per heavy atom. The summed E-state index contributed by atoms with van der Waals surface area (Å²) in [6.07, 6.45) is 3.91. The van der Waals surface area contributed by atoms with Crippen molar-refractivity contribution in [3.8, 4) is 11.5 Å². The normalized spacial score (nSPS) is 13.8. The van der Waals surface area contributed by atoms with Gasteiger partial charge in [-0.15, -0.1) is 10.2 Å². The number of hydrogen-bond acceptors (Lipinski definition) is 6. The first-order valence-corrected chi connectivity index (χ1v) is 8.89. The van der Waals surface area contributed by atoms with Gasteiger partial charge in [0.05, 0.1) is 12.0 Å². The van der Waals surface area contributed by atoms with E-state index in [0.29, 0.717) is 40.4 Å². The number of nitrogens with zero attached hydrogens (tertiary/aromatic N) is 5. The topological polar surface area (TPSA) is 98.2 Å². The molecule has 8 nitrogen and oxygen atoms in total. The molecule has 0 atom stereocenters. The van der Waals surface area contributed by atoms with Gasteiger partial charge in [0.2, 0.25) is 5.91 Å². The van der Waals surface area contributed by atoms with Crippen molar-refractivity contribution in [2.24, 2.45) is 0 Å². The zero-order valence-corrected chi connectivity index (χ0v) is 14.7. The molecule has 1 aromatic carbocycles. The van der Waals surface area contributed by atoms with Gasteiger partial charge in [-0.2, -0.15) is 4.98 Å². The fourth-order valence-electron chi connectivity index (χ4n) is 3.02. The van der Waals surface area contributed by atoms with Crippen LogP contribution in [0.25, 0.3) is 17.1 Å². The summed E-state index contributed by atoms with van der Waals surface area (Å²) < 4.78 is 20.4. The predicted molar refractivity (Wildman–Crippen MR) is 97.0 cm³/mol. The van der Waals surface area contributed by atoms with E-state index in [-0.39, 0.29) is 12.3 Å². The van der Waals surface area contributed by atoms with Crippen molar-refractivity contribution in [3.63, 3.8) is 0 Å². The smallest absolute Gasteiger partial charge is 0.261 e. The van der Waals surface area contributed by atoms with Crippen LogP contribution in [0.15, 0.2) is 47.1 Å². The van der Waals surface area contributed by atoms with Gasteiger partial charge in [0.1, 0.15) is 11.6 Å². The summed E-state index contributed by atoms with van der Waals surface area (Å²) in [5.41, 5.74) is 1.58. The number of carbonyl (C=O) groups is 1. The standard InChI is InChI=1S/C19H15FN6O2/c20-12-3-1-4-13(9-12)21-16(27)10-15-23-24-18-14(5-2-8-26(15)18)19-22-17(25-28-19)11-6-7-11/h1-5,8-9,11H,6-7,10H2,(H,21,27). The van der Waals surface area contributed by atoms with E-state index in [1.165, 1.54) is 18.2 Å². The first-order chi connectivity index (χ1) is 13.7. The number of halogens is 1. The van der Waals surface area contributed by atoms with Crippen molar-refractivity contribution < 1.29 is 13.7 Å². The van der Waals surface area contributed by atoms with Crippen molar-refractivity contribution in [1.29, 1.82) is 0 Å². The van der Waals surface area contributed by atoms with Crippen LogP contribution in [0.2, 0.25) is 0 Å². The Kier molecular flexibility index (Phi) is 3.85. The molecular weight excluding hydrogens is 363 g/mol. The predicted octanol–water partition coefficient (Wildman–Crippen LogP) is 2.98. The molecule has 0 saturated heterocycles. The van der Waals surface area contributed by atoms with E-state index in [9.17, 15) is 9.18 Å². The third kappa shape index (κ3) is 3.11. The number of carbonyl (C=O) groups excluding carboxylic acids is 1. The van der Waals surface area contributed by atoms with E-state index in [1.807, 2.05) is 6.07 Å². The SMILES string of the molecule is O=C(Cc1nnc2c(-c3nc(C4CC4)no3)cccn12)Nc1cccc(F)c1. The van der Waals surface area contributed by atoms with Crippen LogP contribution in [0, 0.1) is 5.82 Å². The number of anilines is 1. The van der Waals surface area contributed by atoms with Crippen LogP contribution in [0.4, 0.5) is 10.1 Å². The highest BCUT2D eigenvalue weighted by molar-refractivity contribution is 5.92. The van der Waals surface area contributed by atoms with Crippen LogP contribution in [-0.2, 0) is 11.2 Å². The Morgan fingerprint density at radius 3 is 2.96 bits per heavy atom. The molecule has 0 aliphatic heterocycles. The minimum atomic E-state index is -0.416. The molecule has 1 saturated carbocycles. The van der Waals surface area contributed by atoms with Crippen LogP contribution in [-0.4, -0.2) is 30.6 Å². The molecule has 28 heavy (non-hydrogen) atoms. The minimum absolute atomic E-state index is 0.0156. The Labute approximate surface area is 158 Å². The molecule has 4 aromatic rings. The molecule has 0 bridgehead atoms. The summed E-state index contributed by atoms with van der Waals surface area (Å²) in [6.45, 7) is 0. The molecule has 1 aliphatic rings. The van der Waals surface area contributed by atoms with Crippen molar-refractivity contribution in [1.82, 2.24) is 24.7 Å². The molecule has 1 fully saturated rings. The molecule has 0 unspecified atom stereocenters. The van der Waals surface area contributed by atoms with E-state index in [1.54, 1.807) is 22.7 Å². The average molecular weight is 378 g/mol. The van der Waals surface area contributed by atoms with Gasteiger partial charge in [-0.25, -0.2) is 4.39 Å². The van der Waals surface area contributed by atoms with E-state index in [2.05, 4.69) is 25.7 Å².